The molecule has 154 valence electrons. The summed E-state index contributed by atoms with van der Waals surface area (Å²) in [5.74, 6) is -0.586. The molecule has 0 saturated carbocycles. The van der Waals surface area contributed by atoms with Crippen molar-refractivity contribution in [2.24, 2.45) is 5.10 Å². The molecule has 1 aromatic heterocycles. The highest BCUT2D eigenvalue weighted by molar-refractivity contribution is 5.95. The third-order valence-corrected chi connectivity index (χ3v) is 4.79. The monoisotopic (exact) mass is 403 g/mol. The van der Waals surface area contributed by atoms with Crippen LogP contribution < -0.4 is 5.43 Å². The summed E-state index contributed by atoms with van der Waals surface area (Å²) in [6.07, 6.45) is 1.64. The van der Waals surface area contributed by atoms with Crippen LogP contribution in [0.5, 0.6) is 0 Å². The van der Waals surface area contributed by atoms with Crippen LogP contribution in [0, 0.1) is 20.8 Å². The molecule has 0 saturated heterocycles. The van der Waals surface area contributed by atoms with E-state index in [0.29, 0.717) is 17.7 Å². The molecule has 0 spiro atoms. The van der Waals surface area contributed by atoms with Crippen LogP contribution in [0.25, 0.3) is 5.69 Å². The fourth-order valence-electron chi connectivity index (χ4n) is 3.21. The van der Waals surface area contributed by atoms with E-state index in [-0.39, 0.29) is 11.9 Å². The number of hydrogen-bond acceptors (Lipinski definition) is 4. The molecule has 0 aliphatic heterocycles. The van der Waals surface area contributed by atoms with Gasteiger partial charge >= 0.3 is 5.97 Å². The lowest BCUT2D eigenvalue weighted by Crippen LogP contribution is -2.17. The van der Waals surface area contributed by atoms with Crippen molar-refractivity contribution in [3.63, 3.8) is 0 Å². The number of aryl methyl sites for hydroxylation is 2. The number of carbonyl (C=O) groups is 2. The molecule has 6 nitrogen and oxygen atoms in total. The quantitative estimate of drug-likeness (QED) is 0.378. The van der Waals surface area contributed by atoms with E-state index < -0.39 is 0 Å². The highest BCUT2D eigenvalue weighted by Crippen LogP contribution is 2.20. The van der Waals surface area contributed by atoms with Gasteiger partial charge in [0.15, 0.2) is 0 Å². The minimum Gasteiger partial charge on any atom is -0.462 e. The van der Waals surface area contributed by atoms with Crippen LogP contribution in [-0.4, -0.2) is 29.3 Å². The van der Waals surface area contributed by atoms with E-state index in [0.717, 1.165) is 28.2 Å². The lowest BCUT2D eigenvalue weighted by Gasteiger charge is -2.10. The summed E-state index contributed by atoms with van der Waals surface area (Å²) in [4.78, 5) is 24.0. The molecular formula is C24H25N3O3. The van der Waals surface area contributed by atoms with E-state index >= 15 is 0 Å². The van der Waals surface area contributed by atoms with Crippen molar-refractivity contribution in [1.29, 1.82) is 0 Å². The van der Waals surface area contributed by atoms with Gasteiger partial charge in [0.2, 0.25) is 0 Å². The first kappa shape index (κ1) is 21.0. The minimum absolute atomic E-state index is 0.255. The van der Waals surface area contributed by atoms with Crippen LogP contribution in [-0.2, 0) is 4.74 Å². The van der Waals surface area contributed by atoms with E-state index in [9.17, 15) is 9.59 Å². The van der Waals surface area contributed by atoms with Crippen molar-refractivity contribution in [3.05, 3.63) is 88.2 Å². The van der Waals surface area contributed by atoms with Crippen molar-refractivity contribution in [1.82, 2.24) is 9.99 Å². The Morgan fingerprint density at radius 2 is 1.63 bits per heavy atom. The number of rotatable bonds is 6. The number of benzene rings is 2. The van der Waals surface area contributed by atoms with E-state index in [2.05, 4.69) is 15.1 Å². The van der Waals surface area contributed by atoms with Gasteiger partial charge in [-0.15, -0.1) is 0 Å². The highest BCUT2D eigenvalue weighted by atomic mass is 16.5. The second kappa shape index (κ2) is 9.22. The summed E-state index contributed by atoms with van der Waals surface area (Å²) in [7, 11) is 0. The van der Waals surface area contributed by atoms with Gasteiger partial charge in [0, 0.05) is 28.2 Å². The second-order valence-electron chi connectivity index (χ2n) is 6.99. The third-order valence-electron chi connectivity index (χ3n) is 4.79. The molecule has 30 heavy (non-hydrogen) atoms. The Morgan fingerprint density at radius 1 is 1.00 bits per heavy atom. The van der Waals surface area contributed by atoms with Crippen LogP contribution in [0.15, 0.2) is 59.7 Å². The number of ether oxygens (including phenoxy) is 1. The lowest BCUT2D eigenvalue weighted by atomic mass is 10.1. The zero-order chi connectivity index (χ0) is 21.7. The molecule has 3 aromatic rings. The number of aromatic nitrogens is 1. The molecule has 0 radical (unpaired) electrons. The Labute approximate surface area is 176 Å². The summed E-state index contributed by atoms with van der Waals surface area (Å²) in [6, 6.07) is 16.6. The fraction of sp³-hybridized carbons (Fsp3) is 0.208. The van der Waals surface area contributed by atoms with Crippen molar-refractivity contribution >= 4 is 18.1 Å². The van der Waals surface area contributed by atoms with Crippen LogP contribution >= 0.6 is 0 Å². The van der Waals surface area contributed by atoms with Crippen molar-refractivity contribution < 1.29 is 14.3 Å². The molecule has 0 aliphatic carbocycles. The fourth-order valence-corrected chi connectivity index (χ4v) is 3.21. The highest BCUT2D eigenvalue weighted by Gasteiger charge is 2.11. The molecular weight excluding hydrogens is 378 g/mol. The Morgan fingerprint density at radius 3 is 2.27 bits per heavy atom. The molecule has 1 heterocycles. The van der Waals surface area contributed by atoms with Gasteiger partial charge in [-0.1, -0.05) is 17.7 Å². The topological polar surface area (TPSA) is 72.7 Å². The predicted octanol–water partition coefficient (Wildman–Crippen LogP) is 4.34. The third kappa shape index (κ3) is 4.66. The number of hydrogen-bond donors (Lipinski definition) is 1. The molecule has 0 unspecified atom stereocenters. The van der Waals surface area contributed by atoms with Crippen LogP contribution in [0.3, 0.4) is 0 Å². The number of nitrogens with one attached hydrogen (secondary N) is 1. The number of carbonyl (C=O) groups excluding carboxylic acids is 2. The van der Waals surface area contributed by atoms with E-state index in [4.69, 9.17) is 4.74 Å². The summed E-state index contributed by atoms with van der Waals surface area (Å²) >= 11 is 0. The normalized spacial score (nSPS) is 10.9. The maximum atomic E-state index is 12.2. The minimum atomic E-state index is -0.331. The zero-order valence-electron chi connectivity index (χ0n) is 17.6. The predicted molar refractivity (Wildman–Crippen MR) is 117 cm³/mol. The molecule has 0 fully saturated rings. The zero-order valence-corrected chi connectivity index (χ0v) is 17.6. The molecule has 1 N–H and O–H groups in total. The SMILES string of the molecule is CCOC(=O)c1ccc(-n2c(C)cc(/C=N\NC(=O)c3ccc(C)cc3)c2C)cc1. The molecule has 2 aromatic carbocycles. The number of nitrogens with zero attached hydrogens (tertiary/aromatic N) is 2. The smallest absolute Gasteiger partial charge is 0.338 e. The Kier molecular flexibility index (Phi) is 6.47. The maximum absolute atomic E-state index is 12.2. The average Bonchev–Trinajstić information content (AvgIpc) is 3.02. The van der Waals surface area contributed by atoms with Gasteiger partial charge in [0.05, 0.1) is 18.4 Å². The summed E-state index contributed by atoms with van der Waals surface area (Å²) < 4.78 is 7.10. The second-order valence-corrected chi connectivity index (χ2v) is 6.99. The number of amides is 1. The van der Waals surface area contributed by atoms with Gasteiger partial charge in [-0.25, -0.2) is 10.2 Å². The Balaban J connectivity index is 1.75. The largest absolute Gasteiger partial charge is 0.462 e. The van der Waals surface area contributed by atoms with E-state index in [1.807, 2.05) is 51.1 Å². The van der Waals surface area contributed by atoms with Gasteiger partial charge in [0.1, 0.15) is 0 Å². The first-order chi connectivity index (χ1) is 14.4. The molecule has 0 bridgehead atoms. The van der Waals surface area contributed by atoms with Crippen molar-refractivity contribution in [3.8, 4) is 5.69 Å². The van der Waals surface area contributed by atoms with Gasteiger partial charge < -0.3 is 9.30 Å². The van der Waals surface area contributed by atoms with Crippen LogP contribution in [0.1, 0.15) is 50.2 Å². The van der Waals surface area contributed by atoms with Gasteiger partial charge in [-0.05, 0) is 70.2 Å². The van der Waals surface area contributed by atoms with E-state index in [1.165, 1.54) is 0 Å². The lowest BCUT2D eigenvalue weighted by molar-refractivity contribution is 0.0526. The number of esters is 1. The first-order valence-corrected chi connectivity index (χ1v) is 9.77. The molecule has 6 heteroatoms. The molecule has 1 amide bonds. The molecule has 3 rings (SSSR count). The average molecular weight is 403 g/mol. The van der Waals surface area contributed by atoms with Crippen molar-refractivity contribution in [2.45, 2.75) is 27.7 Å². The Hall–Kier alpha value is -3.67. The summed E-state index contributed by atoms with van der Waals surface area (Å²) in [5.41, 5.74) is 8.56. The van der Waals surface area contributed by atoms with Gasteiger partial charge in [0.25, 0.3) is 5.91 Å². The summed E-state index contributed by atoms with van der Waals surface area (Å²) in [5, 5.41) is 4.11. The maximum Gasteiger partial charge on any atom is 0.338 e. The summed E-state index contributed by atoms with van der Waals surface area (Å²) in [6.45, 7) is 8.08. The van der Waals surface area contributed by atoms with Gasteiger partial charge in [-0.3, -0.25) is 4.79 Å². The Bertz CT molecular complexity index is 1080. The van der Waals surface area contributed by atoms with E-state index in [1.54, 1.807) is 37.4 Å². The molecule has 0 aliphatic rings. The van der Waals surface area contributed by atoms with Crippen LogP contribution in [0.4, 0.5) is 0 Å². The van der Waals surface area contributed by atoms with Crippen molar-refractivity contribution in [2.75, 3.05) is 6.61 Å². The molecule has 0 atom stereocenters. The first-order valence-electron chi connectivity index (χ1n) is 9.77. The number of hydrazone groups is 1. The standard InChI is InChI=1S/C24H25N3O3/c1-5-30-24(29)20-10-12-22(13-11-20)27-17(3)14-21(18(27)4)15-25-26-23(28)19-8-6-16(2)7-9-19/h6-15H,5H2,1-4H3,(H,26,28)/b25-15-. The van der Waals surface area contributed by atoms with Gasteiger partial charge in [-0.2, -0.15) is 5.10 Å². The van der Waals surface area contributed by atoms with Crippen LogP contribution in [0.2, 0.25) is 0 Å².